The Morgan fingerprint density at radius 3 is 2.60 bits per heavy atom. The van der Waals surface area contributed by atoms with E-state index >= 15 is 0 Å². The number of aromatic nitrogens is 4. The van der Waals surface area contributed by atoms with Crippen molar-refractivity contribution in [1.82, 2.24) is 19.9 Å². The Balaban J connectivity index is 0.000000144. The zero-order chi connectivity index (χ0) is 10.5. The normalized spacial score (nSPS) is 14.9. The minimum Gasteiger partial charge on any atom is -0.382 e. The summed E-state index contributed by atoms with van der Waals surface area (Å²) in [6, 6.07) is 0. The van der Waals surface area contributed by atoms with Crippen molar-refractivity contribution in [2.75, 3.05) is 25.7 Å². The molecule has 0 spiro atoms. The van der Waals surface area contributed by atoms with E-state index in [-0.39, 0.29) is 0 Å². The van der Waals surface area contributed by atoms with Crippen LogP contribution in [0.3, 0.4) is 0 Å². The first-order chi connectivity index (χ1) is 7.38. The van der Waals surface area contributed by atoms with Crippen molar-refractivity contribution in [2.24, 2.45) is 0 Å². The maximum absolute atomic E-state index is 5.48. The van der Waals surface area contributed by atoms with Crippen molar-refractivity contribution in [3.8, 4) is 0 Å². The highest BCUT2D eigenvalue weighted by Crippen LogP contribution is 2.09. The molecule has 3 rings (SSSR count). The van der Waals surface area contributed by atoms with Gasteiger partial charge in [-0.1, -0.05) is 0 Å². The average molecular weight is 209 g/mol. The summed E-state index contributed by atoms with van der Waals surface area (Å²) < 4.78 is 9.44. The van der Waals surface area contributed by atoms with Gasteiger partial charge in [0.25, 0.3) is 0 Å². The quantitative estimate of drug-likeness (QED) is 0.630. The Bertz CT molecular complexity index is 418. The molecule has 2 aromatic rings. The highest BCUT2D eigenvalue weighted by molar-refractivity contribution is 5.80. The summed E-state index contributed by atoms with van der Waals surface area (Å²) in [5.74, 6) is 0.433. The molecule has 1 aliphatic heterocycles. The van der Waals surface area contributed by atoms with E-state index in [1.807, 2.05) is 0 Å². The molecule has 0 radical (unpaired) electrons. The summed E-state index contributed by atoms with van der Waals surface area (Å²) in [5.41, 5.74) is 6.78. The summed E-state index contributed by atoms with van der Waals surface area (Å²) in [4.78, 5) is 14.4. The number of rotatable bonds is 0. The van der Waals surface area contributed by atoms with Gasteiger partial charge in [0.2, 0.25) is 0 Å². The van der Waals surface area contributed by atoms with E-state index in [1.54, 1.807) is 0 Å². The van der Waals surface area contributed by atoms with Crippen LogP contribution < -0.4 is 5.73 Å². The highest BCUT2D eigenvalue weighted by Gasteiger charge is 1.99. The van der Waals surface area contributed by atoms with Gasteiger partial charge in [0.1, 0.15) is 18.6 Å². The molecule has 0 amide bonds. The first-order valence-electron chi connectivity index (χ1n) is 4.43. The molecule has 0 unspecified atom stereocenters. The third-order valence-corrected chi connectivity index (χ3v) is 1.79. The molecule has 0 aliphatic carbocycles. The molecule has 15 heavy (non-hydrogen) atoms. The number of nitrogens with one attached hydrogen (secondary N) is 1. The van der Waals surface area contributed by atoms with Crippen molar-refractivity contribution < 1.29 is 9.47 Å². The second kappa shape index (κ2) is 4.67. The third-order valence-electron chi connectivity index (χ3n) is 1.79. The number of nitrogen functional groups attached to an aromatic ring is 1. The predicted octanol–water partition coefficient (Wildman–Crippen LogP) is -0.0742. The van der Waals surface area contributed by atoms with Crippen molar-refractivity contribution in [3.05, 3.63) is 12.7 Å². The van der Waals surface area contributed by atoms with Crippen LogP contribution in [0.2, 0.25) is 0 Å². The van der Waals surface area contributed by atoms with Crippen LogP contribution in [0, 0.1) is 0 Å². The number of aromatic amines is 1. The fraction of sp³-hybridized carbons (Fsp3) is 0.375. The lowest BCUT2D eigenvalue weighted by atomic mass is 10.5. The zero-order valence-electron chi connectivity index (χ0n) is 8.01. The summed E-state index contributed by atoms with van der Waals surface area (Å²) in [6.07, 6.45) is 2.92. The van der Waals surface area contributed by atoms with Crippen LogP contribution in [0.1, 0.15) is 0 Å². The summed E-state index contributed by atoms with van der Waals surface area (Å²) in [6.45, 7) is 2.06. The van der Waals surface area contributed by atoms with E-state index in [4.69, 9.17) is 15.2 Å². The van der Waals surface area contributed by atoms with Gasteiger partial charge in [0, 0.05) is 0 Å². The molecular formula is C8H11N5O2. The molecule has 1 saturated heterocycles. The summed E-state index contributed by atoms with van der Waals surface area (Å²) in [5, 5.41) is 0. The smallest absolute Gasteiger partial charge is 0.182 e. The monoisotopic (exact) mass is 209 g/mol. The van der Waals surface area contributed by atoms with Gasteiger partial charge in [-0.3, -0.25) is 0 Å². The first-order valence-corrected chi connectivity index (χ1v) is 4.43. The third kappa shape index (κ3) is 2.39. The van der Waals surface area contributed by atoms with Gasteiger partial charge in [0.15, 0.2) is 11.5 Å². The molecule has 2 aromatic heterocycles. The molecule has 7 nitrogen and oxygen atoms in total. The SMILES string of the molecule is C1COCO1.Nc1ncnc2nc[nH]c12. The fourth-order valence-corrected chi connectivity index (χ4v) is 1.08. The molecule has 0 atom stereocenters. The van der Waals surface area contributed by atoms with Crippen molar-refractivity contribution in [3.63, 3.8) is 0 Å². The molecule has 7 heteroatoms. The summed E-state index contributed by atoms with van der Waals surface area (Å²) >= 11 is 0. The van der Waals surface area contributed by atoms with Gasteiger partial charge >= 0.3 is 0 Å². The number of nitrogens with two attached hydrogens (primary N) is 1. The second-order valence-corrected chi connectivity index (χ2v) is 2.79. The molecule has 3 heterocycles. The topological polar surface area (TPSA) is 98.9 Å². The molecule has 0 aromatic carbocycles. The van der Waals surface area contributed by atoms with Crippen LogP contribution in [0.15, 0.2) is 12.7 Å². The van der Waals surface area contributed by atoms with Crippen LogP contribution in [0.4, 0.5) is 5.82 Å². The highest BCUT2D eigenvalue weighted by atomic mass is 16.7. The van der Waals surface area contributed by atoms with E-state index in [0.29, 0.717) is 23.8 Å². The predicted molar refractivity (Wildman–Crippen MR) is 52.9 cm³/mol. The molecular weight excluding hydrogens is 198 g/mol. The van der Waals surface area contributed by atoms with Gasteiger partial charge in [-0.15, -0.1) is 0 Å². The van der Waals surface area contributed by atoms with Crippen LogP contribution in [-0.4, -0.2) is 39.9 Å². The van der Waals surface area contributed by atoms with E-state index in [9.17, 15) is 0 Å². The number of fused-ring (bicyclic) bond motifs is 1. The molecule has 80 valence electrons. The lowest BCUT2D eigenvalue weighted by Crippen LogP contribution is -1.91. The van der Waals surface area contributed by atoms with Gasteiger partial charge < -0.3 is 20.2 Å². The van der Waals surface area contributed by atoms with Crippen molar-refractivity contribution in [2.45, 2.75) is 0 Å². The Morgan fingerprint density at radius 1 is 1.20 bits per heavy atom. The van der Waals surface area contributed by atoms with E-state index < -0.39 is 0 Å². The van der Waals surface area contributed by atoms with Crippen molar-refractivity contribution in [1.29, 1.82) is 0 Å². The molecule has 1 fully saturated rings. The second-order valence-electron chi connectivity index (χ2n) is 2.79. The maximum atomic E-state index is 5.48. The van der Waals surface area contributed by atoms with Gasteiger partial charge in [0.05, 0.1) is 19.5 Å². The van der Waals surface area contributed by atoms with Crippen LogP contribution in [0.25, 0.3) is 11.2 Å². The number of nitrogens with zero attached hydrogens (tertiary/aromatic N) is 3. The Kier molecular flexibility index (Phi) is 3.05. The average Bonchev–Trinajstić information content (AvgIpc) is 2.93. The van der Waals surface area contributed by atoms with Crippen LogP contribution >= 0.6 is 0 Å². The largest absolute Gasteiger partial charge is 0.382 e. The van der Waals surface area contributed by atoms with E-state index in [1.165, 1.54) is 12.7 Å². The lowest BCUT2D eigenvalue weighted by Gasteiger charge is -1.89. The lowest BCUT2D eigenvalue weighted by molar-refractivity contribution is 0.0692. The first kappa shape index (κ1) is 9.81. The minimum atomic E-state index is 0.433. The molecule has 1 aliphatic rings. The number of anilines is 1. The van der Waals surface area contributed by atoms with E-state index in [0.717, 1.165) is 13.2 Å². The molecule has 0 bridgehead atoms. The Labute approximate surface area is 85.6 Å². The maximum Gasteiger partial charge on any atom is 0.182 e. The van der Waals surface area contributed by atoms with Crippen LogP contribution in [0.5, 0.6) is 0 Å². The number of imidazole rings is 1. The standard InChI is InChI=1S/C5H5N5.C3H6O2/c6-4-3-5(9-1-7-3)10-2-8-4;1-2-5-3-4-1/h1-2H,(H3,6,7,8,9,10);1-3H2. The van der Waals surface area contributed by atoms with Gasteiger partial charge in [-0.05, 0) is 0 Å². The molecule has 0 saturated carbocycles. The number of hydrogen-bond acceptors (Lipinski definition) is 6. The van der Waals surface area contributed by atoms with Crippen LogP contribution in [-0.2, 0) is 9.47 Å². The Hall–Kier alpha value is -1.73. The fourth-order valence-electron chi connectivity index (χ4n) is 1.08. The Morgan fingerprint density at radius 2 is 2.00 bits per heavy atom. The minimum absolute atomic E-state index is 0.433. The number of H-pyrrole nitrogens is 1. The van der Waals surface area contributed by atoms with Gasteiger partial charge in [-0.2, -0.15) is 0 Å². The zero-order valence-corrected chi connectivity index (χ0v) is 8.01. The number of ether oxygens (including phenoxy) is 2. The number of hydrogen-bond donors (Lipinski definition) is 2. The van der Waals surface area contributed by atoms with Gasteiger partial charge in [-0.25, -0.2) is 15.0 Å². The van der Waals surface area contributed by atoms with E-state index in [2.05, 4.69) is 19.9 Å². The summed E-state index contributed by atoms with van der Waals surface area (Å²) in [7, 11) is 0. The van der Waals surface area contributed by atoms with Crippen molar-refractivity contribution >= 4 is 17.0 Å². The molecule has 3 N–H and O–H groups in total.